The van der Waals surface area contributed by atoms with Gasteiger partial charge in [0.25, 0.3) is 5.56 Å². The van der Waals surface area contributed by atoms with Gasteiger partial charge in [0.05, 0.1) is 5.39 Å². The first-order valence-electron chi connectivity index (χ1n) is 4.61. The molecule has 82 valence electrons. The van der Waals surface area contributed by atoms with Gasteiger partial charge < -0.3 is 14.7 Å². The molecule has 0 spiro atoms. The third-order valence-corrected chi connectivity index (χ3v) is 1.83. The molecule has 0 bridgehead atoms. The average Bonchev–Trinajstić information content (AvgIpc) is 2.49. The van der Waals surface area contributed by atoms with E-state index in [-0.39, 0.29) is 28.0 Å². The van der Waals surface area contributed by atoms with Crippen LogP contribution in [0.1, 0.15) is 13.8 Å². The first kappa shape index (κ1) is 11.2. The molecule has 5 heteroatoms. The summed E-state index contributed by atoms with van der Waals surface area (Å²) in [6, 6.07) is 2.38. The van der Waals surface area contributed by atoms with Crippen LogP contribution in [-0.4, -0.2) is 15.0 Å². The van der Waals surface area contributed by atoms with Crippen molar-refractivity contribution < 1.29 is 14.7 Å². The first-order valence-corrected chi connectivity index (χ1v) is 4.61. The lowest BCUT2D eigenvalue weighted by atomic mass is 10.2. The second-order valence-electron chi connectivity index (χ2n) is 2.73. The normalized spacial score (nSPS) is 9.80. The Labute approximate surface area is 86.1 Å². The Kier molecular flexibility index (Phi) is 3.04. The molecule has 0 radical (unpaired) electrons. The van der Waals surface area contributed by atoms with Gasteiger partial charge in [-0.15, -0.1) is 0 Å². The first-order chi connectivity index (χ1) is 7.09. The molecule has 0 saturated heterocycles. The summed E-state index contributed by atoms with van der Waals surface area (Å²) in [5.74, 6) is -0.632. The minimum atomic E-state index is -0.342. The molecule has 2 N–H and O–H groups in total. The largest absolute Gasteiger partial charge is 0.504 e. The molecule has 2 aromatic rings. The van der Waals surface area contributed by atoms with Crippen molar-refractivity contribution in [1.29, 1.82) is 0 Å². The molecule has 5 nitrogen and oxygen atoms in total. The zero-order valence-electron chi connectivity index (χ0n) is 8.81. The van der Waals surface area contributed by atoms with Crippen LogP contribution >= 0.6 is 0 Å². The van der Waals surface area contributed by atoms with E-state index < -0.39 is 0 Å². The van der Waals surface area contributed by atoms with E-state index in [4.69, 9.17) is 14.7 Å². The maximum Gasteiger partial charge on any atom is 0.290 e. The number of fused-ring (bicyclic) bond motifs is 1. The number of rotatable bonds is 0. The fourth-order valence-corrected chi connectivity index (χ4v) is 1.16. The number of phenolic OH excluding ortho intramolecular Hbond substituents is 2. The van der Waals surface area contributed by atoms with Crippen LogP contribution in [0.5, 0.6) is 11.5 Å². The van der Waals surface area contributed by atoms with Crippen molar-refractivity contribution in [2.45, 2.75) is 13.8 Å². The van der Waals surface area contributed by atoms with E-state index >= 15 is 0 Å². The molecular weight excluding hydrogens is 198 g/mol. The number of aromatic nitrogens is 1. The molecule has 0 aliphatic heterocycles. The van der Waals surface area contributed by atoms with E-state index in [1.54, 1.807) is 0 Å². The van der Waals surface area contributed by atoms with Gasteiger partial charge >= 0.3 is 0 Å². The second-order valence-corrected chi connectivity index (χ2v) is 2.73. The Bertz CT molecular complexity index is 524. The van der Waals surface area contributed by atoms with Crippen molar-refractivity contribution in [2.75, 3.05) is 0 Å². The van der Waals surface area contributed by atoms with E-state index in [1.165, 1.54) is 19.2 Å². The Morgan fingerprint density at radius 3 is 2.33 bits per heavy atom. The average molecular weight is 211 g/mol. The molecule has 0 fully saturated rings. The highest BCUT2D eigenvalue weighted by Gasteiger charge is 2.10. The topological polar surface area (TPSA) is 75.6 Å². The number of nitrogens with zero attached hydrogens (tertiary/aromatic N) is 1. The summed E-state index contributed by atoms with van der Waals surface area (Å²) >= 11 is 0. The minimum absolute atomic E-state index is 0.248. The summed E-state index contributed by atoms with van der Waals surface area (Å²) in [6.45, 7) is 4.00. The van der Waals surface area contributed by atoms with Crippen molar-refractivity contribution in [1.82, 2.24) is 4.74 Å². The number of phenols is 2. The monoisotopic (exact) mass is 211 g/mol. The zero-order valence-corrected chi connectivity index (χ0v) is 8.81. The van der Waals surface area contributed by atoms with Gasteiger partial charge in [-0.1, -0.05) is 13.8 Å². The standard InChI is InChI=1S/C8H7NO4.C2H6/c1-9-8(12)4-2-5(10)6(11)3-7(4)13-9;1-2/h2-3,10-11H,1H3;1-2H3. The van der Waals surface area contributed by atoms with E-state index in [0.29, 0.717) is 0 Å². The van der Waals surface area contributed by atoms with Gasteiger partial charge in [0.2, 0.25) is 0 Å². The van der Waals surface area contributed by atoms with Crippen molar-refractivity contribution >= 4 is 11.0 Å². The summed E-state index contributed by atoms with van der Waals surface area (Å²) in [7, 11) is 1.45. The molecule has 1 heterocycles. The molecule has 1 aromatic carbocycles. The molecule has 0 aliphatic rings. The van der Waals surface area contributed by atoms with Gasteiger partial charge in [0.15, 0.2) is 17.1 Å². The van der Waals surface area contributed by atoms with Crippen molar-refractivity contribution in [3.63, 3.8) is 0 Å². The molecule has 0 amide bonds. The van der Waals surface area contributed by atoms with Crippen molar-refractivity contribution in [3.8, 4) is 11.5 Å². The van der Waals surface area contributed by atoms with Crippen LogP contribution in [0.2, 0.25) is 0 Å². The lowest BCUT2D eigenvalue weighted by molar-refractivity contribution is 0.323. The highest BCUT2D eigenvalue weighted by Crippen LogP contribution is 2.28. The fraction of sp³-hybridized carbons (Fsp3) is 0.300. The van der Waals surface area contributed by atoms with Gasteiger partial charge in [-0.3, -0.25) is 4.79 Å². The minimum Gasteiger partial charge on any atom is -0.504 e. The Hall–Kier alpha value is -1.91. The third-order valence-electron chi connectivity index (χ3n) is 1.83. The summed E-state index contributed by atoms with van der Waals surface area (Å²) < 4.78 is 6.00. The van der Waals surface area contributed by atoms with Crippen molar-refractivity contribution in [3.05, 3.63) is 22.5 Å². The second kappa shape index (κ2) is 4.08. The SMILES string of the molecule is CC.Cn1oc2cc(O)c(O)cc2c1=O. The number of hydrogen-bond acceptors (Lipinski definition) is 4. The van der Waals surface area contributed by atoms with Crippen LogP contribution < -0.4 is 5.56 Å². The van der Waals surface area contributed by atoms with Gasteiger partial charge in [-0.05, 0) is 0 Å². The van der Waals surface area contributed by atoms with E-state index in [0.717, 1.165) is 4.74 Å². The van der Waals surface area contributed by atoms with E-state index in [2.05, 4.69) is 0 Å². The predicted molar refractivity (Wildman–Crippen MR) is 56.1 cm³/mol. The molecule has 15 heavy (non-hydrogen) atoms. The number of aromatic hydroxyl groups is 2. The summed E-state index contributed by atoms with van der Waals surface area (Å²) in [5, 5.41) is 18.5. The Morgan fingerprint density at radius 1 is 1.20 bits per heavy atom. The molecule has 0 atom stereocenters. The Morgan fingerprint density at radius 2 is 1.73 bits per heavy atom. The lowest BCUT2D eigenvalue weighted by Crippen LogP contribution is -2.08. The Balaban J connectivity index is 0.000000531. The quantitative estimate of drug-likeness (QED) is 0.648. The van der Waals surface area contributed by atoms with Gasteiger partial charge in [0, 0.05) is 19.2 Å². The fourth-order valence-electron chi connectivity index (χ4n) is 1.16. The zero-order chi connectivity index (χ0) is 11.6. The molecule has 0 unspecified atom stereocenters. The molecule has 0 aliphatic carbocycles. The number of benzene rings is 1. The van der Waals surface area contributed by atoms with Gasteiger partial charge in [0.1, 0.15) is 0 Å². The molecule has 0 saturated carbocycles. The number of hydrogen-bond donors (Lipinski definition) is 2. The van der Waals surface area contributed by atoms with Crippen LogP contribution in [0.3, 0.4) is 0 Å². The van der Waals surface area contributed by atoms with E-state index in [1.807, 2.05) is 13.8 Å². The van der Waals surface area contributed by atoms with E-state index in [9.17, 15) is 4.79 Å². The molecular formula is C10H13NO4. The number of aryl methyl sites for hydroxylation is 1. The van der Waals surface area contributed by atoms with Crippen molar-refractivity contribution in [2.24, 2.45) is 7.05 Å². The summed E-state index contributed by atoms with van der Waals surface area (Å²) in [6.07, 6.45) is 0. The highest BCUT2D eigenvalue weighted by atomic mass is 16.5. The van der Waals surface area contributed by atoms with Gasteiger partial charge in [-0.2, -0.15) is 4.74 Å². The highest BCUT2D eigenvalue weighted by molar-refractivity contribution is 5.79. The smallest absolute Gasteiger partial charge is 0.290 e. The van der Waals surface area contributed by atoms with Crippen LogP contribution in [0.15, 0.2) is 21.5 Å². The van der Waals surface area contributed by atoms with Crippen LogP contribution in [0.25, 0.3) is 11.0 Å². The maximum atomic E-state index is 11.3. The predicted octanol–water partition coefficient (Wildman–Crippen LogP) is 1.57. The molecule has 1 aromatic heterocycles. The summed E-state index contributed by atoms with van der Waals surface area (Å²) in [5.41, 5.74) is -0.0897. The van der Waals surface area contributed by atoms with Gasteiger partial charge in [-0.25, -0.2) is 0 Å². The summed E-state index contributed by atoms with van der Waals surface area (Å²) in [4.78, 5) is 11.3. The van der Waals surface area contributed by atoms with Crippen LogP contribution in [-0.2, 0) is 7.05 Å². The van der Waals surface area contributed by atoms with Crippen LogP contribution in [0.4, 0.5) is 0 Å². The lowest BCUT2D eigenvalue weighted by Gasteiger charge is -1.93. The molecule has 2 rings (SSSR count). The maximum absolute atomic E-state index is 11.3. The van der Waals surface area contributed by atoms with Crippen LogP contribution in [0, 0.1) is 0 Å². The third kappa shape index (κ3) is 1.81.